The maximum Gasteiger partial charge on any atom is 0.145 e. The molecule has 2 aromatic rings. The fourth-order valence-corrected chi connectivity index (χ4v) is 1.71. The SMILES string of the molecule is Nc1ccc(S/N=C/c2ccco2)c(N)c1. The summed E-state index contributed by atoms with van der Waals surface area (Å²) in [6.45, 7) is 0. The summed E-state index contributed by atoms with van der Waals surface area (Å²) in [6.07, 6.45) is 3.24. The highest BCUT2D eigenvalue weighted by Crippen LogP contribution is 2.27. The highest BCUT2D eigenvalue weighted by atomic mass is 32.2. The minimum absolute atomic E-state index is 0.626. The lowest BCUT2D eigenvalue weighted by Crippen LogP contribution is -1.91. The summed E-state index contributed by atoms with van der Waals surface area (Å²) in [5, 5.41) is 0. The fraction of sp³-hybridized carbons (Fsp3) is 0. The van der Waals surface area contributed by atoms with Crippen molar-refractivity contribution in [1.82, 2.24) is 0 Å². The van der Waals surface area contributed by atoms with Crippen LogP contribution in [0, 0.1) is 0 Å². The first-order valence-electron chi connectivity index (χ1n) is 4.64. The number of nitrogen functional groups attached to an aromatic ring is 2. The molecule has 82 valence electrons. The molecule has 0 aliphatic rings. The van der Waals surface area contributed by atoms with Crippen LogP contribution in [0.3, 0.4) is 0 Å². The number of nitrogens with two attached hydrogens (primary N) is 2. The molecule has 0 aliphatic heterocycles. The molecule has 5 heteroatoms. The Balaban J connectivity index is 2.05. The highest BCUT2D eigenvalue weighted by Gasteiger charge is 1.99. The monoisotopic (exact) mass is 233 g/mol. The molecule has 0 radical (unpaired) electrons. The zero-order chi connectivity index (χ0) is 11.4. The van der Waals surface area contributed by atoms with E-state index in [9.17, 15) is 0 Å². The van der Waals surface area contributed by atoms with Gasteiger partial charge in [-0.1, -0.05) is 0 Å². The number of hydrogen-bond donors (Lipinski definition) is 2. The molecular formula is C11H11N3OS. The summed E-state index contributed by atoms with van der Waals surface area (Å²) in [7, 11) is 0. The van der Waals surface area contributed by atoms with Crippen LogP contribution < -0.4 is 11.5 Å². The summed E-state index contributed by atoms with van der Waals surface area (Å²) in [5.41, 5.74) is 12.6. The molecule has 4 nitrogen and oxygen atoms in total. The molecule has 0 spiro atoms. The van der Waals surface area contributed by atoms with Crippen molar-refractivity contribution in [3.05, 3.63) is 42.4 Å². The van der Waals surface area contributed by atoms with Crippen molar-refractivity contribution in [3.63, 3.8) is 0 Å². The lowest BCUT2D eigenvalue weighted by molar-refractivity contribution is 0.560. The van der Waals surface area contributed by atoms with Gasteiger partial charge in [-0.05, 0) is 30.3 Å². The summed E-state index contributed by atoms with van der Waals surface area (Å²) in [6, 6.07) is 8.99. The van der Waals surface area contributed by atoms with Crippen LogP contribution in [-0.2, 0) is 0 Å². The number of nitrogens with zero attached hydrogens (tertiary/aromatic N) is 1. The summed E-state index contributed by atoms with van der Waals surface area (Å²) in [5.74, 6) is 0.710. The van der Waals surface area contributed by atoms with E-state index >= 15 is 0 Å². The van der Waals surface area contributed by atoms with Gasteiger partial charge >= 0.3 is 0 Å². The summed E-state index contributed by atoms with van der Waals surface area (Å²) < 4.78 is 9.26. The van der Waals surface area contributed by atoms with E-state index in [2.05, 4.69) is 4.40 Å². The van der Waals surface area contributed by atoms with Crippen LogP contribution in [-0.4, -0.2) is 6.21 Å². The molecular weight excluding hydrogens is 222 g/mol. The molecule has 4 N–H and O–H groups in total. The number of furan rings is 1. The van der Waals surface area contributed by atoms with E-state index in [1.54, 1.807) is 24.6 Å². The van der Waals surface area contributed by atoms with Crippen molar-refractivity contribution in [2.45, 2.75) is 4.90 Å². The molecule has 0 fully saturated rings. The van der Waals surface area contributed by atoms with Gasteiger partial charge in [0.2, 0.25) is 0 Å². The summed E-state index contributed by atoms with van der Waals surface area (Å²) in [4.78, 5) is 0.872. The largest absolute Gasteiger partial charge is 0.463 e. The minimum Gasteiger partial charge on any atom is -0.463 e. The maximum absolute atomic E-state index is 5.78. The quantitative estimate of drug-likeness (QED) is 0.485. The van der Waals surface area contributed by atoms with Gasteiger partial charge in [0.05, 0.1) is 17.4 Å². The summed E-state index contributed by atoms with van der Waals surface area (Å²) >= 11 is 1.28. The van der Waals surface area contributed by atoms with Gasteiger partial charge in [-0.2, -0.15) is 0 Å². The smallest absolute Gasteiger partial charge is 0.145 e. The molecule has 1 heterocycles. The van der Waals surface area contributed by atoms with Crippen molar-refractivity contribution >= 4 is 29.5 Å². The van der Waals surface area contributed by atoms with Crippen molar-refractivity contribution in [1.29, 1.82) is 0 Å². The standard InChI is InChI=1S/C11H11N3OS/c12-8-3-4-11(10(13)6-8)16-14-7-9-2-1-5-15-9/h1-7H,12-13H2/b14-7+. The molecule has 1 aromatic heterocycles. The van der Waals surface area contributed by atoms with Crippen molar-refractivity contribution in [3.8, 4) is 0 Å². The molecule has 2 rings (SSSR count). The molecule has 1 aromatic carbocycles. The van der Waals surface area contributed by atoms with Gasteiger partial charge in [-0.3, -0.25) is 0 Å². The third kappa shape index (κ3) is 2.58. The number of anilines is 2. The maximum atomic E-state index is 5.78. The Labute approximate surface area is 97.5 Å². The lowest BCUT2D eigenvalue weighted by atomic mass is 10.3. The minimum atomic E-state index is 0.626. The highest BCUT2D eigenvalue weighted by molar-refractivity contribution is 7.98. The molecule has 0 saturated carbocycles. The second-order valence-corrected chi connectivity index (χ2v) is 3.97. The number of hydrogen-bond acceptors (Lipinski definition) is 5. The lowest BCUT2D eigenvalue weighted by Gasteiger charge is -2.01. The van der Waals surface area contributed by atoms with Crippen LogP contribution in [0.2, 0.25) is 0 Å². The topological polar surface area (TPSA) is 77.5 Å². The Morgan fingerprint density at radius 3 is 2.81 bits per heavy atom. The van der Waals surface area contributed by atoms with E-state index < -0.39 is 0 Å². The average Bonchev–Trinajstić information content (AvgIpc) is 2.74. The Kier molecular flexibility index (Phi) is 3.16. The molecule has 0 unspecified atom stereocenters. The van der Waals surface area contributed by atoms with Crippen LogP contribution in [0.5, 0.6) is 0 Å². The Bertz CT molecular complexity index is 494. The first kappa shape index (κ1) is 10.6. The van der Waals surface area contributed by atoms with Crippen molar-refractivity contribution in [2.75, 3.05) is 11.5 Å². The molecule has 0 amide bonds. The first-order chi connectivity index (χ1) is 7.75. The third-order valence-corrected chi connectivity index (χ3v) is 2.69. The predicted molar refractivity (Wildman–Crippen MR) is 67.4 cm³/mol. The average molecular weight is 233 g/mol. The van der Waals surface area contributed by atoms with Crippen LogP contribution in [0.1, 0.15) is 5.76 Å². The predicted octanol–water partition coefficient (Wildman–Crippen LogP) is 2.57. The molecule has 0 aliphatic carbocycles. The van der Waals surface area contributed by atoms with E-state index in [1.807, 2.05) is 18.2 Å². The second kappa shape index (κ2) is 4.76. The van der Waals surface area contributed by atoms with Gasteiger partial charge in [0.15, 0.2) is 0 Å². The molecule has 0 saturated heterocycles. The Morgan fingerprint density at radius 1 is 1.25 bits per heavy atom. The van der Waals surface area contributed by atoms with Gasteiger partial charge in [0, 0.05) is 23.3 Å². The zero-order valence-corrected chi connectivity index (χ0v) is 9.28. The normalized spacial score (nSPS) is 11.0. The van der Waals surface area contributed by atoms with E-state index in [-0.39, 0.29) is 0 Å². The zero-order valence-electron chi connectivity index (χ0n) is 8.46. The van der Waals surface area contributed by atoms with Crippen LogP contribution in [0.4, 0.5) is 11.4 Å². The number of benzene rings is 1. The van der Waals surface area contributed by atoms with Gasteiger partial charge in [-0.25, -0.2) is 4.40 Å². The second-order valence-electron chi connectivity index (χ2n) is 3.14. The molecule has 0 atom stereocenters. The van der Waals surface area contributed by atoms with Crippen LogP contribution in [0.15, 0.2) is 50.3 Å². The van der Waals surface area contributed by atoms with Gasteiger partial charge < -0.3 is 15.9 Å². The van der Waals surface area contributed by atoms with Gasteiger partial charge in [0.1, 0.15) is 5.76 Å². The Hall–Kier alpha value is -1.88. The van der Waals surface area contributed by atoms with Gasteiger partial charge in [0.25, 0.3) is 0 Å². The fourth-order valence-electron chi connectivity index (χ4n) is 1.15. The van der Waals surface area contributed by atoms with Gasteiger partial charge in [-0.15, -0.1) is 0 Å². The van der Waals surface area contributed by atoms with E-state index in [0.717, 1.165) is 4.90 Å². The van der Waals surface area contributed by atoms with E-state index in [1.165, 1.54) is 11.9 Å². The van der Waals surface area contributed by atoms with Crippen LogP contribution in [0.25, 0.3) is 0 Å². The van der Waals surface area contributed by atoms with Crippen molar-refractivity contribution < 1.29 is 4.42 Å². The first-order valence-corrected chi connectivity index (χ1v) is 5.42. The molecule has 16 heavy (non-hydrogen) atoms. The Morgan fingerprint density at radius 2 is 2.12 bits per heavy atom. The van der Waals surface area contributed by atoms with Crippen LogP contribution >= 0.6 is 11.9 Å². The van der Waals surface area contributed by atoms with E-state index in [0.29, 0.717) is 17.1 Å². The molecule has 0 bridgehead atoms. The number of rotatable bonds is 3. The van der Waals surface area contributed by atoms with E-state index in [4.69, 9.17) is 15.9 Å². The van der Waals surface area contributed by atoms with Crippen molar-refractivity contribution in [2.24, 2.45) is 4.40 Å². The third-order valence-electron chi connectivity index (χ3n) is 1.91.